The number of amidine groups is 3. The lowest BCUT2D eigenvalue weighted by atomic mass is 9.97. The first-order valence-corrected chi connectivity index (χ1v) is 16.7. The number of piperidine rings is 1. The van der Waals surface area contributed by atoms with E-state index in [1.165, 1.54) is 0 Å². The zero-order valence-corrected chi connectivity index (χ0v) is 27.3. The highest BCUT2D eigenvalue weighted by Crippen LogP contribution is 2.31. The minimum absolute atomic E-state index is 0.0631. The van der Waals surface area contributed by atoms with Crippen LogP contribution in [0, 0.1) is 0 Å². The molecule has 3 aliphatic heterocycles. The SMILES string of the molecule is CC[C@H]1CN(c2ncc(NC3=NS(=O)(=O)N=C3N(C)C)cc2Cl)CCN1C1CCN(Cc2ccc(Cl)cc2/C(N)=N/O)CC1. The number of benzene rings is 1. The highest BCUT2D eigenvalue weighted by Gasteiger charge is 2.34. The van der Waals surface area contributed by atoms with Crippen LogP contribution in [0.3, 0.4) is 0 Å². The smallest absolute Gasteiger partial charge is 0.367 e. The van der Waals surface area contributed by atoms with Gasteiger partial charge in [0.05, 0.1) is 16.9 Å². The summed E-state index contributed by atoms with van der Waals surface area (Å²) < 4.78 is 31.2. The maximum atomic E-state index is 11.9. The monoisotopic (exact) mass is 664 g/mol. The third kappa shape index (κ3) is 7.20. The van der Waals surface area contributed by atoms with E-state index in [-0.39, 0.29) is 17.5 Å². The molecule has 3 aliphatic rings. The summed E-state index contributed by atoms with van der Waals surface area (Å²) in [6.07, 6.45) is 4.75. The van der Waals surface area contributed by atoms with Gasteiger partial charge in [0.1, 0.15) is 5.82 Å². The number of nitrogens with one attached hydrogen (secondary N) is 1. The number of nitrogens with two attached hydrogens (primary N) is 1. The standard InChI is InChI=1S/C28H38Cl2N10O3S/c1-4-21-17-39(27-24(30)14-20(15-32-27)33-26-28(37(2)3)36-44(42,43)35-26)11-12-40(21)22-7-9-38(10-8-22)16-18-5-6-19(29)13-23(18)25(31)34-41/h5-6,13-15,21-22,41H,4,7-12,16-17H2,1-3H3,(H2,31,34)(H,33,35)/t21-/m0/s1. The van der Waals surface area contributed by atoms with E-state index in [0.717, 1.165) is 57.5 Å². The highest BCUT2D eigenvalue weighted by atomic mass is 35.5. The Morgan fingerprint density at radius 2 is 1.91 bits per heavy atom. The summed E-state index contributed by atoms with van der Waals surface area (Å²) in [5, 5.41) is 16.4. The van der Waals surface area contributed by atoms with Crippen LogP contribution in [0.15, 0.2) is 44.4 Å². The molecule has 4 heterocycles. The maximum absolute atomic E-state index is 11.9. The number of hydrogen-bond donors (Lipinski definition) is 3. The number of aromatic nitrogens is 1. The molecule has 13 nitrogen and oxygen atoms in total. The molecule has 2 saturated heterocycles. The van der Waals surface area contributed by atoms with Crippen molar-refractivity contribution in [2.45, 2.75) is 44.8 Å². The van der Waals surface area contributed by atoms with Crippen LogP contribution >= 0.6 is 23.2 Å². The topological polar surface area (TPSA) is 155 Å². The van der Waals surface area contributed by atoms with Crippen LogP contribution in [0.4, 0.5) is 11.5 Å². The fraction of sp³-hybridized carbons (Fsp3) is 0.500. The van der Waals surface area contributed by atoms with Gasteiger partial charge >= 0.3 is 10.2 Å². The van der Waals surface area contributed by atoms with Crippen LogP contribution in [0.2, 0.25) is 10.0 Å². The fourth-order valence-corrected chi connectivity index (χ4v) is 7.43. The molecule has 0 saturated carbocycles. The molecule has 5 rings (SSSR count). The van der Waals surface area contributed by atoms with Crippen molar-refractivity contribution in [3.63, 3.8) is 0 Å². The number of halogens is 2. The van der Waals surface area contributed by atoms with Gasteiger partial charge in [-0.1, -0.05) is 41.3 Å². The van der Waals surface area contributed by atoms with E-state index in [0.29, 0.717) is 45.7 Å². The quantitative estimate of drug-likeness (QED) is 0.174. The molecule has 238 valence electrons. The van der Waals surface area contributed by atoms with Gasteiger partial charge in [-0.2, -0.15) is 8.42 Å². The summed E-state index contributed by atoms with van der Waals surface area (Å²) in [5.74, 6) is 1.11. The van der Waals surface area contributed by atoms with Gasteiger partial charge in [-0.05, 0) is 56.1 Å². The van der Waals surface area contributed by atoms with Gasteiger partial charge in [0, 0.05) is 62.9 Å². The Kier molecular flexibility index (Phi) is 9.85. The van der Waals surface area contributed by atoms with Crippen molar-refractivity contribution in [1.82, 2.24) is 19.7 Å². The van der Waals surface area contributed by atoms with Gasteiger partial charge in [-0.3, -0.25) is 9.80 Å². The first-order valence-electron chi connectivity index (χ1n) is 14.5. The fourth-order valence-electron chi connectivity index (χ4n) is 6.10. The molecule has 0 aliphatic carbocycles. The molecule has 44 heavy (non-hydrogen) atoms. The number of likely N-dealkylation sites (N-methyl/N-ethyl adjacent to an activating group) is 1. The number of nitrogens with zero attached hydrogens (tertiary/aromatic N) is 8. The molecule has 0 amide bonds. The van der Waals surface area contributed by atoms with Crippen LogP contribution in [-0.4, -0.2) is 110 Å². The van der Waals surface area contributed by atoms with E-state index >= 15 is 0 Å². The van der Waals surface area contributed by atoms with Gasteiger partial charge < -0.3 is 26.1 Å². The molecular formula is C28H38Cl2N10O3S. The normalized spacial score (nSPS) is 21.7. The molecule has 0 spiro atoms. The summed E-state index contributed by atoms with van der Waals surface area (Å²) >= 11 is 12.9. The minimum atomic E-state index is -3.91. The Balaban J connectivity index is 1.19. The van der Waals surface area contributed by atoms with E-state index in [4.69, 9.17) is 28.9 Å². The first kappa shape index (κ1) is 32.2. The second-order valence-electron chi connectivity index (χ2n) is 11.4. The van der Waals surface area contributed by atoms with Crippen molar-refractivity contribution in [3.05, 3.63) is 51.6 Å². The molecular weight excluding hydrogens is 627 g/mol. The van der Waals surface area contributed by atoms with Crippen molar-refractivity contribution in [3.8, 4) is 0 Å². The summed E-state index contributed by atoms with van der Waals surface area (Å²) in [5.41, 5.74) is 8.09. The lowest BCUT2D eigenvalue weighted by molar-refractivity contribution is 0.0610. The molecule has 0 bridgehead atoms. The Hall–Kier alpha value is -3.17. The van der Waals surface area contributed by atoms with Gasteiger partial charge in [0.2, 0.25) is 0 Å². The van der Waals surface area contributed by atoms with Crippen LogP contribution in [0.25, 0.3) is 0 Å². The number of piperazine rings is 1. The summed E-state index contributed by atoms with van der Waals surface area (Å²) in [7, 11) is -0.521. The number of hydrogen-bond acceptors (Lipinski definition) is 10. The summed E-state index contributed by atoms with van der Waals surface area (Å²) in [6.45, 7) is 7.35. The average Bonchev–Trinajstić information content (AvgIpc) is 3.31. The van der Waals surface area contributed by atoms with E-state index < -0.39 is 10.2 Å². The highest BCUT2D eigenvalue weighted by molar-refractivity contribution is 7.89. The number of anilines is 2. The average molecular weight is 666 g/mol. The van der Waals surface area contributed by atoms with E-state index in [2.05, 4.69) is 45.9 Å². The summed E-state index contributed by atoms with van der Waals surface area (Å²) in [6, 6.07) is 8.09. The molecule has 1 aromatic heterocycles. The van der Waals surface area contributed by atoms with Crippen molar-refractivity contribution in [2.24, 2.45) is 19.7 Å². The first-order chi connectivity index (χ1) is 21.0. The molecule has 4 N–H and O–H groups in total. The van der Waals surface area contributed by atoms with Crippen molar-refractivity contribution in [1.29, 1.82) is 0 Å². The third-order valence-electron chi connectivity index (χ3n) is 8.30. The van der Waals surface area contributed by atoms with Crippen molar-refractivity contribution in [2.75, 3.05) is 57.0 Å². The Labute approximate surface area is 268 Å². The molecule has 0 radical (unpaired) electrons. The van der Waals surface area contributed by atoms with Crippen LogP contribution in [0.1, 0.15) is 37.3 Å². The number of oxime groups is 1. The third-order valence-corrected chi connectivity index (χ3v) is 9.63. The second-order valence-corrected chi connectivity index (χ2v) is 13.5. The largest absolute Gasteiger partial charge is 0.409 e. The van der Waals surface area contributed by atoms with Crippen molar-refractivity contribution >= 4 is 62.4 Å². The number of rotatable bonds is 7. The Morgan fingerprint density at radius 1 is 1.16 bits per heavy atom. The predicted molar refractivity (Wildman–Crippen MR) is 176 cm³/mol. The lowest BCUT2D eigenvalue weighted by Crippen LogP contribution is -2.58. The summed E-state index contributed by atoms with van der Waals surface area (Å²) in [4.78, 5) is 13.5. The molecule has 0 unspecified atom stereocenters. The predicted octanol–water partition coefficient (Wildman–Crippen LogP) is 3.08. The zero-order valence-electron chi connectivity index (χ0n) is 25.0. The molecule has 1 aromatic carbocycles. The van der Waals surface area contributed by atoms with Gasteiger partial charge in [0.15, 0.2) is 17.5 Å². The van der Waals surface area contributed by atoms with Crippen molar-refractivity contribution < 1.29 is 13.6 Å². The molecule has 16 heteroatoms. The molecule has 2 fully saturated rings. The Bertz CT molecular complexity index is 1580. The van der Waals surface area contributed by atoms with E-state index in [1.807, 2.05) is 12.1 Å². The number of pyridine rings is 1. The van der Waals surface area contributed by atoms with Crippen LogP contribution < -0.4 is 16.0 Å². The molecule has 2 aromatic rings. The van der Waals surface area contributed by atoms with Crippen LogP contribution in [0.5, 0.6) is 0 Å². The maximum Gasteiger partial charge on any atom is 0.367 e. The van der Waals surface area contributed by atoms with Crippen LogP contribution in [-0.2, 0) is 16.8 Å². The van der Waals surface area contributed by atoms with Gasteiger partial charge in [0.25, 0.3) is 0 Å². The van der Waals surface area contributed by atoms with E-state index in [1.54, 1.807) is 37.3 Å². The van der Waals surface area contributed by atoms with E-state index in [9.17, 15) is 13.6 Å². The Morgan fingerprint density at radius 3 is 2.57 bits per heavy atom. The number of likely N-dealkylation sites (tertiary alicyclic amines) is 1. The molecule has 1 atom stereocenters. The zero-order chi connectivity index (χ0) is 31.6. The lowest BCUT2D eigenvalue weighted by Gasteiger charge is -2.47. The minimum Gasteiger partial charge on any atom is -0.409 e. The van der Waals surface area contributed by atoms with Gasteiger partial charge in [-0.25, -0.2) is 4.98 Å². The second kappa shape index (κ2) is 13.4. The van der Waals surface area contributed by atoms with Gasteiger partial charge in [-0.15, -0.1) is 8.80 Å².